The van der Waals surface area contributed by atoms with E-state index in [2.05, 4.69) is 5.32 Å². The van der Waals surface area contributed by atoms with Crippen molar-refractivity contribution in [1.82, 2.24) is 0 Å². The Morgan fingerprint density at radius 1 is 0.900 bits per heavy atom. The Kier molecular flexibility index (Phi) is 3.94. The van der Waals surface area contributed by atoms with E-state index < -0.39 is 29.2 Å². The minimum atomic E-state index is -1.25. The molecule has 0 heterocycles. The fourth-order valence-corrected chi connectivity index (χ4v) is 1.71. The molecule has 1 N–H and O–H groups in total. The Morgan fingerprint density at radius 3 is 2.15 bits per heavy atom. The largest absolute Gasteiger partial charge is 0.322 e. The summed E-state index contributed by atoms with van der Waals surface area (Å²) < 4.78 is 51.6. The van der Waals surface area contributed by atoms with Crippen molar-refractivity contribution in [1.29, 1.82) is 0 Å². The summed E-state index contributed by atoms with van der Waals surface area (Å²) in [6.45, 7) is 0. The number of hydrogen-bond acceptors (Lipinski definition) is 1. The van der Waals surface area contributed by atoms with E-state index in [0.29, 0.717) is 12.1 Å². The Bertz CT molecular complexity index is 690. The van der Waals surface area contributed by atoms with Crippen molar-refractivity contribution in [3.8, 4) is 0 Å². The van der Waals surface area contributed by atoms with E-state index in [4.69, 9.17) is 11.6 Å². The van der Waals surface area contributed by atoms with Gasteiger partial charge >= 0.3 is 0 Å². The maximum absolute atomic E-state index is 13.1. The van der Waals surface area contributed by atoms with Crippen LogP contribution in [0.1, 0.15) is 10.4 Å². The van der Waals surface area contributed by atoms with Gasteiger partial charge in [0.1, 0.15) is 0 Å². The summed E-state index contributed by atoms with van der Waals surface area (Å²) in [5, 5.41) is 1.89. The van der Waals surface area contributed by atoms with Crippen molar-refractivity contribution in [2.24, 2.45) is 0 Å². The number of carbonyl (C=O) groups is 1. The maximum atomic E-state index is 13.1. The zero-order chi connectivity index (χ0) is 14.9. The topological polar surface area (TPSA) is 29.1 Å². The van der Waals surface area contributed by atoms with Gasteiger partial charge in [-0.2, -0.15) is 0 Å². The van der Waals surface area contributed by atoms with Gasteiger partial charge < -0.3 is 5.32 Å². The fourth-order valence-electron chi connectivity index (χ4n) is 1.47. The molecule has 20 heavy (non-hydrogen) atoms. The van der Waals surface area contributed by atoms with Gasteiger partial charge in [-0.25, -0.2) is 17.6 Å². The van der Waals surface area contributed by atoms with Gasteiger partial charge in [0.25, 0.3) is 5.91 Å². The van der Waals surface area contributed by atoms with Gasteiger partial charge in [-0.15, -0.1) is 0 Å². The lowest BCUT2D eigenvalue weighted by molar-refractivity contribution is 0.102. The highest BCUT2D eigenvalue weighted by atomic mass is 35.5. The Hall–Kier alpha value is -2.08. The number of amides is 1. The van der Waals surface area contributed by atoms with Crippen LogP contribution in [0.25, 0.3) is 0 Å². The average molecular weight is 304 g/mol. The first kappa shape index (κ1) is 14.3. The van der Waals surface area contributed by atoms with Crippen molar-refractivity contribution in [3.63, 3.8) is 0 Å². The quantitative estimate of drug-likeness (QED) is 0.655. The first-order chi connectivity index (χ1) is 9.38. The summed E-state index contributed by atoms with van der Waals surface area (Å²) >= 11 is 5.62. The van der Waals surface area contributed by atoms with Crippen LogP contribution in [0, 0.1) is 23.3 Å². The van der Waals surface area contributed by atoms with Crippen LogP contribution < -0.4 is 5.32 Å². The molecule has 0 aliphatic carbocycles. The maximum Gasteiger partial charge on any atom is 0.257 e. The number of hydrogen-bond donors (Lipinski definition) is 1. The molecule has 2 nitrogen and oxygen atoms in total. The van der Waals surface area contributed by atoms with E-state index in [9.17, 15) is 22.4 Å². The normalized spacial score (nSPS) is 10.4. The second kappa shape index (κ2) is 5.50. The molecule has 0 saturated carbocycles. The number of rotatable bonds is 2. The molecule has 0 aliphatic heterocycles. The Labute approximate surface area is 116 Å². The van der Waals surface area contributed by atoms with Crippen LogP contribution in [0.2, 0.25) is 5.02 Å². The monoisotopic (exact) mass is 303 g/mol. The molecule has 0 aliphatic rings. The Balaban J connectivity index is 2.28. The van der Waals surface area contributed by atoms with Crippen LogP contribution in [0.3, 0.4) is 0 Å². The number of carbonyl (C=O) groups excluding carboxylic acids is 1. The van der Waals surface area contributed by atoms with Gasteiger partial charge in [-0.1, -0.05) is 11.6 Å². The minimum Gasteiger partial charge on any atom is -0.322 e. The predicted octanol–water partition coefficient (Wildman–Crippen LogP) is 4.15. The SMILES string of the molecule is O=C(Nc1ccc(F)c(F)c1)c1cc(F)c(F)cc1Cl. The Morgan fingerprint density at radius 2 is 1.50 bits per heavy atom. The van der Waals surface area contributed by atoms with Crippen LogP contribution >= 0.6 is 11.6 Å². The molecule has 0 spiro atoms. The highest BCUT2D eigenvalue weighted by molar-refractivity contribution is 6.34. The molecule has 2 aromatic carbocycles. The van der Waals surface area contributed by atoms with Crippen molar-refractivity contribution >= 4 is 23.2 Å². The third-order valence-corrected chi connectivity index (χ3v) is 2.74. The first-order valence-electron chi connectivity index (χ1n) is 5.29. The van der Waals surface area contributed by atoms with Gasteiger partial charge in [0, 0.05) is 11.8 Å². The summed E-state index contributed by atoms with van der Waals surface area (Å²) in [5.41, 5.74) is -0.370. The second-order valence-electron chi connectivity index (χ2n) is 3.83. The molecule has 104 valence electrons. The van der Waals surface area contributed by atoms with Crippen molar-refractivity contribution < 1.29 is 22.4 Å². The molecule has 0 saturated heterocycles. The second-order valence-corrected chi connectivity index (χ2v) is 4.24. The molecule has 1 amide bonds. The van der Waals surface area contributed by atoms with Crippen molar-refractivity contribution in [3.05, 3.63) is 64.2 Å². The van der Waals surface area contributed by atoms with E-state index in [1.54, 1.807) is 0 Å². The van der Waals surface area contributed by atoms with Gasteiger partial charge in [0.05, 0.1) is 10.6 Å². The number of benzene rings is 2. The van der Waals surface area contributed by atoms with E-state index in [-0.39, 0.29) is 16.3 Å². The number of anilines is 1. The highest BCUT2D eigenvalue weighted by Crippen LogP contribution is 2.22. The van der Waals surface area contributed by atoms with E-state index in [1.807, 2.05) is 0 Å². The van der Waals surface area contributed by atoms with Crippen LogP contribution in [-0.2, 0) is 0 Å². The van der Waals surface area contributed by atoms with E-state index >= 15 is 0 Å². The summed E-state index contributed by atoms with van der Waals surface area (Å²) in [6, 6.07) is 3.95. The van der Waals surface area contributed by atoms with Crippen molar-refractivity contribution in [2.45, 2.75) is 0 Å². The minimum absolute atomic E-state index is 0.0466. The highest BCUT2D eigenvalue weighted by Gasteiger charge is 2.15. The molecule has 0 aromatic heterocycles. The van der Waals surface area contributed by atoms with Gasteiger partial charge in [-0.3, -0.25) is 4.79 Å². The third-order valence-electron chi connectivity index (χ3n) is 2.43. The molecule has 0 atom stereocenters. The fraction of sp³-hybridized carbons (Fsp3) is 0. The van der Waals surface area contributed by atoms with Crippen LogP contribution in [0.5, 0.6) is 0 Å². The third kappa shape index (κ3) is 2.91. The van der Waals surface area contributed by atoms with Gasteiger partial charge in [0.15, 0.2) is 23.3 Å². The summed E-state index contributed by atoms with van der Waals surface area (Å²) in [7, 11) is 0. The van der Waals surface area contributed by atoms with Gasteiger partial charge in [-0.05, 0) is 24.3 Å². The lowest BCUT2D eigenvalue weighted by atomic mass is 10.2. The predicted molar refractivity (Wildman–Crippen MR) is 65.7 cm³/mol. The molecular weight excluding hydrogens is 298 g/mol. The zero-order valence-corrected chi connectivity index (χ0v) is 10.4. The number of halogens is 5. The van der Waals surface area contributed by atoms with E-state index in [1.165, 1.54) is 0 Å². The van der Waals surface area contributed by atoms with E-state index in [0.717, 1.165) is 18.2 Å². The molecule has 7 heteroatoms. The molecule has 2 aromatic rings. The summed E-state index contributed by atoms with van der Waals surface area (Å²) in [5.74, 6) is -5.54. The van der Waals surface area contributed by atoms with Crippen LogP contribution in [0.15, 0.2) is 30.3 Å². The lowest BCUT2D eigenvalue weighted by Gasteiger charge is -2.07. The van der Waals surface area contributed by atoms with Gasteiger partial charge in [0.2, 0.25) is 0 Å². The van der Waals surface area contributed by atoms with Crippen molar-refractivity contribution in [2.75, 3.05) is 5.32 Å². The summed E-state index contributed by atoms with van der Waals surface area (Å²) in [6.07, 6.45) is 0. The zero-order valence-electron chi connectivity index (χ0n) is 9.68. The molecule has 0 radical (unpaired) electrons. The smallest absolute Gasteiger partial charge is 0.257 e. The van der Waals surface area contributed by atoms with Crippen LogP contribution in [-0.4, -0.2) is 5.91 Å². The average Bonchev–Trinajstić information content (AvgIpc) is 2.38. The van der Waals surface area contributed by atoms with Crippen LogP contribution in [0.4, 0.5) is 23.2 Å². The lowest BCUT2D eigenvalue weighted by Crippen LogP contribution is -2.13. The summed E-state index contributed by atoms with van der Waals surface area (Å²) in [4.78, 5) is 11.8. The molecule has 0 bridgehead atoms. The molecule has 0 unspecified atom stereocenters. The molecule has 2 rings (SSSR count). The molecule has 0 fully saturated rings. The first-order valence-corrected chi connectivity index (χ1v) is 5.67. The molecular formula is C13H6ClF4NO. The standard InChI is InChI=1S/C13H6ClF4NO/c14-8-5-12(18)11(17)4-7(8)13(20)19-6-1-2-9(15)10(16)3-6/h1-5H,(H,19,20). The number of nitrogens with one attached hydrogen (secondary N) is 1.